The number of carbonyl (C=O) groups excluding carboxylic acids is 1. The van der Waals surface area contributed by atoms with Gasteiger partial charge in [-0.25, -0.2) is 0 Å². The summed E-state index contributed by atoms with van der Waals surface area (Å²) in [6.45, 7) is 0.744. The van der Waals surface area contributed by atoms with Crippen LogP contribution in [0.15, 0.2) is 0 Å². The Morgan fingerprint density at radius 3 is 2.62 bits per heavy atom. The highest BCUT2D eigenvalue weighted by atomic mass is 35.5. The molecule has 0 aliphatic heterocycles. The van der Waals surface area contributed by atoms with Crippen molar-refractivity contribution in [3.63, 3.8) is 0 Å². The summed E-state index contributed by atoms with van der Waals surface area (Å²) in [6.07, 6.45) is 4.53. The largest absolute Gasteiger partial charge is 0.356 e. The maximum absolute atomic E-state index is 11.5. The summed E-state index contributed by atoms with van der Waals surface area (Å²) in [4.78, 5) is 11.5. The molecule has 2 aliphatic carbocycles. The van der Waals surface area contributed by atoms with Crippen LogP contribution < -0.4 is 5.32 Å². The molecular weight excluding hydrogens is 186 g/mol. The molecule has 0 heterocycles. The Morgan fingerprint density at radius 1 is 1.31 bits per heavy atom. The standard InChI is InChI=1S/C10H16ClNO/c11-2-1-3-12-10(13)9-5-7-4-8(7)6-9/h7-9H,1-6H2,(H,12,13). The normalized spacial score (nSPS) is 35.6. The highest BCUT2D eigenvalue weighted by Crippen LogP contribution is 2.54. The molecule has 2 aliphatic rings. The van der Waals surface area contributed by atoms with Gasteiger partial charge in [0.2, 0.25) is 5.91 Å². The Labute approximate surface area is 84.0 Å². The summed E-state index contributed by atoms with van der Waals surface area (Å²) in [5.74, 6) is 3.00. The van der Waals surface area contributed by atoms with Crippen LogP contribution in [-0.4, -0.2) is 18.3 Å². The third-order valence-electron chi connectivity index (χ3n) is 3.22. The van der Waals surface area contributed by atoms with Crippen molar-refractivity contribution in [2.45, 2.75) is 25.7 Å². The van der Waals surface area contributed by atoms with Crippen LogP contribution >= 0.6 is 11.6 Å². The summed E-state index contributed by atoms with van der Waals surface area (Å²) in [6, 6.07) is 0. The predicted octanol–water partition coefficient (Wildman–Crippen LogP) is 1.78. The molecule has 0 spiro atoms. The molecule has 1 amide bonds. The summed E-state index contributed by atoms with van der Waals surface area (Å²) < 4.78 is 0. The second-order valence-electron chi connectivity index (χ2n) is 4.26. The minimum Gasteiger partial charge on any atom is -0.356 e. The molecule has 3 heteroatoms. The van der Waals surface area contributed by atoms with Gasteiger partial charge in [-0.3, -0.25) is 4.79 Å². The fourth-order valence-electron chi connectivity index (χ4n) is 2.35. The Hall–Kier alpha value is -0.240. The van der Waals surface area contributed by atoms with Crippen LogP contribution in [0.2, 0.25) is 0 Å². The Bertz CT molecular complexity index is 197. The summed E-state index contributed by atoms with van der Waals surface area (Å²) >= 11 is 5.52. The first-order valence-electron chi connectivity index (χ1n) is 5.15. The van der Waals surface area contributed by atoms with Gasteiger partial charge in [-0.05, 0) is 37.5 Å². The number of amides is 1. The maximum Gasteiger partial charge on any atom is 0.223 e. The monoisotopic (exact) mass is 201 g/mol. The number of halogens is 1. The lowest BCUT2D eigenvalue weighted by Crippen LogP contribution is -2.30. The zero-order valence-corrected chi connectivity index (χ0v) is 8.52. The summed E-state index contributed by atoms with van der Waals surface area (Å²) in [5.41, 5.74) is 0. The number of nitrogens with one attached hydrogen (secondary N) is 1. The first kappa shape index (κ1) is 9.32. The molecule has 1 N–H and O–H groups in total. The molecule has 2 rings (SSSR count). The first-order valence-corrected chi connectivity index (χ1v) is 5.68. The van der Waals surface area contributed by atoms with Gasteiger partial charge < -0.3 is 5.32 Å². The van der Waals surface area contributed by atoms with Gasteiger partial charge in [0.05, 0.1) is 0 Å². The van der Waals surface area contributed by atoms with E-state index in [1.807, 2.05) is 0 Å². The molecule has 13 heavy (non-hydrogen) atoms. The van der Waals surface area contributed by atoms with Crippen LogP contribution in [0.25, 0.3) is 0 Å². The topological polar surface area (TPSA) is 29.1 Å². The predicted molar refractivity (Wildman–Crippen MR) is 52.7 cm³/mol. The molecule has 0 aromatic rings. The van der Waals surface area contributed by atoms with Crippen LogP contribution in [0.5, 0.6) is 0 Å². The van der Waals surface area contributed by atoms with Crippen LogP contribution in [0.3, 0.4) is 0 Å². The van der Waals surface area contributed by atoms with Crippen molar-refractivity contribution in [3.05, 3.63) is 0 Å². The number of hydrogen-bond acceptors (Lipinski definition) is 1. The average Bonchev–Trinajstić information content (AvgIpc) is 2.74. The lowest BCUT2D eigenvalue weighted by molar-refractivity contribution is -0.125. The minimum absolute atomic E-state index is 0.261. The average molecular weight is 202 g/mol. The van der Waals surface area contributed by atoms with Crippen LogP contribution in [0.1, 0.15) is 25.7 Å². The van der Waals surface area contributed by atoms with Crippen molar-refractivity contribution in [2.24, 2.45) is 17.8 Å². The fraction of sp³-hybridized carbons (Fsp3) is 0.900. The smallest absolute Gasteiger partial charge is 0.223 e. The molecule has 2 unspecified atom stereocenters. The van der Waals surface area contributed by atoms with Crippen LogP contribution in [0, 0.1) is 17.8 Å². The molecule has 0 saturated heterocycles. The van der Waals surface area contributed by atoms with Gasteiger partial charge in [0.15, 0.2) is 0 Å². The quantitative estimate of drug-likeness (QED) is 0.545. The zero-order chi connectivity index (χ0) is 9.26. The SMILES string of the molecule is O=C(NCCCCl)C1CC2CC2C1. The van der Waals surface area contributed by atoms with Gasteiger partial charge in [0, 0.05) is 18.3 Å². The molecule has 0 aromatic carbocycles. The first-order chi connectivity index (χ1) is 6.31. The Kier molecular flexibility index (Phi) is 2.77. The number of carbonyl (C=O) groups is 1. The van der Waals surface area contributed by atoms with Crippen molar-refractivity contribution < 1.29 is 4.79 Å². The maximum atomic E-state index is 11.5. The number of hydrogen-bond donors (Lipinski definition) is 1. The molecular formula is C10H16ClNO. The van der Waals surface area contributed by atoms with Gasteiger partial charge in [0.25, 0.3) is 0 Å². The van der Waals surface area contributed by atoms with Crippen molar-refractivity contribution in [2.75, 3.05) is 12.4 Å². The Balaban J connectivity index is 1.66. The van der Waals surface area contributed by atoms with E-state index < -0.39 is 0 Å². The number of fused-ring (bicyclic) bond motifs is 1. The molecule has 2 saturated carbocycles. The van der Waals surface area contributed by atoms with E-state index in [1.54, 1.807) is 0 Å². The second kappa shape index (κ2) is 3.87. The van der Waals surface area contributed by atoms with Gasteiger partial charge >= 0.3 is 0 Å². The Morgan fingerprint density at radius 2 is 2.00 bits per heavy atom. The fourth-order valence-corrected chi connectivity index (χ4v) is 2.49. The molecule has 74 valence electrons. The lowest BCUT2D eigenvalue weighted by atomic mass is 10.0. The van der Waals surface area contributed by atoms with E-state index >= 15 is 0 Å². The lowest BCUT2D eigenvalue weighted by Gasteiger charge is -2.11. The van der Waals surface area contributed by atoms with Gasteiger partial charge in [-0.1, -0.05) is 0 Å². The second-order valence-corrected chi connectivity index (χ2v) is 4.64. The zero-order valence-electron chi connectivity index (χ0n) is 7.76. The summed E-state index contributed by atoms with van der Waals surface area (Å²) in [5, 5.41) is 2.94. The molecule has 2 fully saturated rings. The van der Waals surface area contributed by atoms with Gasteiger partial charge in [-0.15, -0.1) is 11.6 Å². The molecule has 0 bridgehead atoms. The van der Waals surface area contributed by atoms with Crippen molar-refractivity contribution in [1.29, 1.82) is 0 Å². The molecule has 0 radical (unpaired) electrons. The minimum atomic E-state index is 0.261. The summed E-state index contributed by atoms with van der Waals surface area (Å²) in [7, 11) is 0. The number of rotatable bonds is 4. The highest BCUT2D eigenvalue weighted by molar-refractivity contribution is 6.17. The number of alkyl halides is 1. The van der Waals surface area contributed by atoms with Gasteiger partial charge in [-0.2, -0.15) is 0 Å². The van der Waals surface area contributed by atoms with E-state index in [2.05, 4.69) is 5.32 Å². The van der Waals surface area contributed by atoms with E-state index in [0.29, 0.717) is 11.8 Å². The van der Waals surface area contributed by atoms with Crippen LogP contribution in [0.4, 0.5) is 0 Å². The van der Waals surface area contributed by atoms with Crippen molar-refractivity contribution in [1.82, 2.24) is 5.32 Å². The van der Waals surface area contributed by atoms with Crippen molar-refractivity contribution >= 4 is 17.5 Å². The van der Waals surface area contributed by atoms with E-state index in [4.69, 9.17) is 11.6 Å². The third-order valence-corrected chi connectivity index (χ3v) is 3.49. The van der Waals surface area contributed by atoms with Gasteiger partial charge in [0.1, 0.15) is 0 Å². The molecule has 2 nitrogen and oxygen atoms in total. The molecule has 0 aromatic heterocycles. The van der Waals surface area contributed by atoms with Crippen molar-refractivity contribution in [3.8, 4) is 0 Å². The van der Waals surface area contributed by atoms with Crippen LogP contribution in [-0.2, 0) is 4.79 Å². The molecule has 2 atom stereocenters. The van der Waals surface area contributed by atoms with E-state index in [-0.39, 0.29) is 5.91 Å². The van der Waals surface area contributed by atoms with E-state index in [0.717, 1.165) is 37.6 Å². The highest BCUT2D eigenvalue weighted by Gasteiger charge is 2.47. The van der Waals surface area contributed by atoms with E-state index in [9.17, 15) is 4.79 Å². The van der Waals surface area contributed by atoms with E-state index in [1.165, 1.54) is 6.42 Å². The third kappa shape index (κ3) is 2.16.